The van der Waals surface area contributed by atoms with Crippen LogP contribution in [-0.2, 0) is 6.54 Å². The van der Waals surface area contributed by atoms with Crippen LogP contribution >= 0.6 is 11.3 Å². The molecule has 1 aromatic heterocycles. The van der Waals surface area contributed by atoms with E-state index in [2.05, 4.69) is 31.3 Å². The van der Waals surface area contributed by atoms with Crippen molar-refractivity contribution in [3.8, 4) is 0 Å². The maximum atomic E-state index is 13.5. The number of aryl methyl sites for hydroxylation is 2. The Morgan fingerprint density at radius 3 is 2.61 bits per heavy atom. The fourth-order valence-corrected chi connectivity index (χ4v) is 2.67. The third-order valence-electron chi connectivity index (χ3n) is 3.07. The first kappa shape index (κ1) is 13.2. The van der Waals surface area contributed by atoms with Crippen molar-refractivity contribution in [1.82, 2.24) is 5.32 Å². The summed E-state index contributed by atoms with van der Waals surface area (Å²) in [4.78, 5) is 2.63. The van der Waals surface area contributed by atoms with Gasteiger partial charge in [0.2, 0.25) is 0 Å². The van der Waals surface area contributed by atoms with E-state index < -0.39 is 0 Å². The molecule has 0 fully saturated rings. The van der Waals surface area contributed by atoms with Crippen molar-refractivity contribution in [2.45, 2.75) is 33.4 Å². The maximum Gasteiger partial charge on any atom is 0.126 e. The second-order valence-corrected chi connectivity index (χ2v) is 6.00. The predicted molar refractivity (Wildman–Crippen MR) is 75.4 cm³/mol. The van der Waals surface area contributed by atoms with Crippen molar-refractivity contribution in [3.05, 3.63) is 57.0 Å². The van der Waals surface area contributed by atoms with Crippen LogP contribution < -0.4 is 5.32 Å². The van der Waals surface area contributed by atoms with Crippen LogP contribution in [0.25, 0.3) is 0 Å². The normalized spacial score (nSPS) is 12.7. The Morgan fingerprint density at radius 1 is 1.22 bits per heavy atom. The van der Waals surface area contributed by atoms with Gasteiger partial charge in [-0.05, 0) is 50.1 Å². The van der Waals surface area contributed by atoms with Crippen molar-refractivity contribution in [2.24, 2.45) is 0 Å². The van der Waals surface area contributed by atoms with Crippen molar-refractivity contribution < 1.29 is 4.39 Å². The summed E-state index contributed by atoms with van der Waals surface area (Å²) in [5.74, 6) is -0.131. The molecule has 0 amide bonds. The zero-order valence-corrected chi connectivity index (χ0v) is 11.8. The van der Waals surface area contributed by atoms with Gasteiger partial charge in [0.15, 0.2) is 0 Å². The molecule has 0 radical (unpaired) electrons. The fourth-order valence-electron chi connectivity index (χ4n) is 1.83. The Morgan fingerprint density at radius 2 is 2.00 bits per heavy atom. The lowest BCUT2D eigenvalue weighted by Gasteiger charge is -2.14. The molecule has 2 rings (SSSR count). The summed E-state index contributed by atoms with van der Waals surface area (Å²) >= 11 is 1.79. The van der Waals surface area contributed by atoms with Crippen LogP contribution in [0.3, 0.4) is 0 Å². The Kier molecular flexibility index (Phi) is 4.15. The molecule has 1 heterocycles. The molecular formula is C15H18FNS. The molecular weight excluding hydrogens is 245 g/mol. The zero-order valence-electron chi connectivity index (χ0n) is 11.0. The second-order valence-electron chi connectivity index (χ2n) is 4.62. The maximum absolute atomic E-state index is 13.5. The number of benzene rings is 1. The Bertz CT molecular complexity index is 533. The molecule has 1 aromatic carbocycles. The van der Waals surface area contributed by atoms with Crippen molar-refractivity contribution >= 4 is 11.3 Å². The number of hydrogen-bond donors (Lipinski definition) is 1. The second kappa shape index (κ2) is 5.63. The highest BCUT2D eigenvalue weighted by Gasteiger charge is 2.07. The molecule has 1 atom stereocenters. The fraction of sp³-hybridized carbons (Fsp3) is 0.333. The number of nitrogens with one attached hydrogen (secondary N) is 1. The van der Waals surface area contributed by atoms with E-state index in [0.29, 0.717) is 5.56 Å². The summed E-state index contributed by atoms with van der Waals surface area (Å²) in [6.07, 6.45) is 0. The molecule has 0 aliphatic heterocycles. The van der Waals surface area contributed by atoms with Crippen LogP contribution in [0.4, 0.5) is 4.39 Å². The summed E-state index contributed by atoms with van der Waals surface area (Å²) in [6.45, 7) is 6.78. The largest absolute Gasteiger partial charge is 0.305 e. The number of halogens is 1. The van der Waals surface area contributed by atoms with Gasteiger partial charge in [-0.3, -0.25) is 0 Å². The molecule has 96 valence electrons. The van der Waals surface area contributed by atoms with E-state index in [1.54, 1.807) is 24.3 Å². The summed E-state index contributed by atoms with van der Waals surface area (Å²) in [6, 6.07) is 9.84. The first-order valence-corrected chi connectivity index (χ1v) is 6.92. The van der Waals surface area contributed by atoms with E-state index in [1.165, 1.54) is 9.75 Å². The van der Waals surface area contributed by atoms with Gasteiger partial charge in [0.05, 0.1) is 0 Å². The van der Waals surface area contributed by atoms with Gasteiger partial charge >= 0.3 is 0 Å². The van der Waals surface area contributed by atoms with E-state index in [-0.39, 0.29) is 11.9 Å². The lowest BCUT2D eigenvalue weighted by molar-refractivity contribution is 0.566. The molecule has 2 aromatic rings. The molecule has 0 aliphatic carbocycles. The van der Waals surface area contributed by atoms with Crippen molar-refractivity contribution in [1.29, 1.82) is 0 Å². The molecule has 1 unspecified atom stereocenters. The highest BCUT2D eigenvalue weighted by Crippen LogP contribution is 2.19. The molecule has 18 heavy (non-hydrogen) atoms. The minimum Gasteiger partial charge on any atom is -0.305 e. The molecule has 0 saturated heterocycles. The van der Waals surface area contributed by atoms with Crippen LogP contribution in [0.1, 0.15) is 33.8 Å². The van der Waals surface area contributed by atoms with Crippen molar-refractivity contribution in [2.75, 3.05) is 0 Å². The predicted octanol–water partition coefficient (Wildman–Crippen LogP) is 4.35. The monoisotopic (exact) mass is 263 g/mol. The molecule has 0 aliphatic rings. The Balaban J connectivity index is 1.99. The van der Waals surface area contributed by atoms with Crippen LogP contribution in [0.15, 0.2) is 30.3 Å². The third kappa shape index (κ3) is 3.18. The first-order chi connectivity index (χ1) is 8.56. The van der Waals surface area contributed by atoms with Crippen LogP contribution in [0.5, 0.6) is 0 Å². The molecule has 0 spiro atoms. The lowest BCUT2D eigenvalue weighted by atomic mass is 10.1. The summed E-state index contributed by atoms with van der Waals surface area (Å²) in [5, 5.41) is 3.42. The van der Waals surface area contributed by atoms with Gasteiger partial charge in [-0.25, -0.2) is 4.39 Å². The Hall–Kier alpha value is -1.19. The van der Waals surface area contributed by atoms with Gasteiger partial charge in [-0.1, -0.05) is 12.1 Å². The van der Waals surface area contributed by atoms with Crippen LogP contribution in [0, 0.1) is 19.7 Å². The molecule has 1 N–H and O–H groups in total. The number of thiophene rings is 1. The van der Waals surface area contributed by atoms with Crippen LogP contribution in [-0.4, -0.2) is 0 Å². The highest BCUT2D eigenvalue weighted by molar-refractivity contribution is 7.11. The summed E-state index contributed by atoms with van der Waals surface area (Å²) in [7, 11) is 0. The van der Waals surface area contributed by atoms with Gasteiger partial charge in [0.1, 0.15) is 5.82 Å². The van der Waals surface area contributed by atoms with Gasteiger partial charge in [0.25, 0.3) is 0 Å². The average Bonchev–Trinajstić information content (AvgIpc) is 2.75. The highest BCUT2D eigenvalue weighted by atomic mass is 32.1. The molecule has 3 heteroatoms. The van der Waals surface area contributed by atoms with Gasteiger partial charge in [-0.2, -0.15) is 0 Å². The van der Waals surface area contributed by atoms with Gasteiger partial charge in [0, 0.05) is 22.3 Å². The van der Waals surface area contributed by atoms with Gasteiger partial charge < -0.3 is 5.32 Å². The number of hydrogen-bond acceptors (Lipinski definition) is 2. The number of rotatable bonds is 4. The lowest BCUT2D eigenvalue weighted by Crippen LogP contribution is -2.17. The van der Waals surface area contributed by atoms with E-state index in [0.717, 1.165) is 12.1 Å². The summed E-state index contributed by atoms with van der Waals surface area (Å²) < 4.78 is 13.5. The van der Waals surface area contributed by atoms with E-state index >= 15 is 0 Å². The SMILES string of the molecule is Cc1ccc(CNC(C)c2ccc(C)c(F)c2)s1. The first-order valence-electron chi connectivity index (χ1n) is 6.11. The summed E-state index contributed by atoms with van der Waals surface area (Å²) in [5.41, 5.74) is 1.69. The topological polar surface area (TPSA) is 12.0 Å². The third-order valence-corrected chi connectivity index (χ3v) is 4.08. The molecule has 0 bridgehead atoms. The van der Waals surface area contributed by atoms with E-state index in [1.807, 2.05) is 12.1 Å². The molecule has 0 saturated carbocycles. The minimum atomic E-state index is -0.131. The van der Waals surface area contributed by atoms with E-state index in [4.69, 9.17) is 0 Å². The van der Waals surface area contributed by atoms with E-state index in [9.17, 15) is 4.39 Å². The minimum absolute atomic E-state index is 0.131. The Labute approximate surface area is 112 Å². The van der Waals surface area contributed by atoms with Gasteiger partial charge in [-0.15, -0.1) is 11.3 Å². The quantitative estimate of drug-likeness (QED) is 0.864. The average molecular weight is 263 g/mol. The zero-order chi connectivity index (χ0) is 13.1. The molecule has 1 nitrogen and oxygen atoms in total. The standard InChI is InChI=1S/C15H18FNS/c1-10-4-6-13(8-15(10)16)12(3)17-9-14-7-5-11(2)18-14/h4-8,12,17H,9H2,1-3H3. The smallest absolute Gasteiger partial charge is 0.126 e. The van der Waals surface area contributed by atoms with Crippen LogP contribution in [0.2, 0.25) is 0 Å². The van der Waals surface area contributed by atoms with Crippen molar-refractivity contribution in [3.63, 3.8) is 0 Å².